The molecule has 0 aromatic heterocycles. The molecule has 21 heavy (non-hydrogen) atoms. The first-order chi connectivity index (χ1) is 10.1. The van der Waals surface area contributed by atoms with Crippen molar-refractivity contribution < 1.29 is 14.3 Å². The Morgan fingerprint density at radius 1 is 1.43 bits per heavy atom. The number of aryl methyl sites for hydroxylation is 2. The van der Waals surface area contributed by atoms with Crippen LogP contribution < -0.4 is 5.32 Å². The van der Waals surface area contributed by atoms with Crippen LogP contribution >= 0.6 is 0 Å². The summed E-state index contributed by atoms with van der Waals surface area (Å²) in [6, 6.07) is 6.11. The lowest BCUT2D eigenvalue weighted by molar-refractivity contribution is -0.0809. The first-order valence-electron chi connectivity index (χ1n) is 7.60. The number of nitrogens with one attached hydrogen (secondary N) is 1. The molecule has 1 heterocycles. The number of methoxy groups -OCH3 is 1. The van der Waals surface area contributed by atoms with Gasteiger partial charge < -0.3 is 14.8 Å². The molecule has 4 nitrogen and oxygen atoms in total. The molecule has 0 radical (unpaired) electrons. The van der Waals surface area contributed by atoms with Crippen molar-refractivity contribution in [2.75, 3.05) is 20.3 Å². The van der Waals surface area contributed by atoms with Crippen LogP contribution in [0.4, 0.5) is 0 Å². The molecule has 1 aliphatic carbocycles. The van der Waals surface area contributed by atoms with Crippen LogP contribution in [0.2, 0.25) is 0 Å². The normalized spacial score (nSPS) is 30.6. The molecule has 4 atom stereocenters. The van der Waals surface area contributed by atoms with Crippen molar-refractivity contribution in [1.82, 2.24) is 5.32 Å². The van der Waals surface area contributed by atoms with Crippen LogP contribution in [0.3, 0.4) is 0 Å². The van der Waals surface area contributed by atoms with Crippen LogP contribution in [0.25, 0.3) is 0 Å². The Kier molecular flexibility index (Phi) is 4.00. The largest absolute Gasteiger partial charge is 0.384 e. The standard InChI is InChI=1S/C17H23NO3/c1-10-4-5-12(11(2)8-10)17(19)18-15-13-6-7-21-16(13)14(15)9-20-3/h4-5,8,13-16H,6-7,9H2,1-3H3,(H,18,19)/t13-,14+,15+,16-/m0/s1. The Hall–Kier alpha value is -1.39. The third kappa shape index (κ3) is 2.58. The maximum absolute atomic E-state index is 12.5. The van der Waals surface area contributed by atoms with Gasteiger partial charge in [0.1, 0.15) is 0 Å². The van der Waals surface area contributed by atoms with Gasteiger partial charge in [-0.2, -0.15) is 0 Å². The van der Waals surface area contributed by atoms with Crippen LogP contribution in [0.15, 0.2) is 18.2 Å². The maximum atomic E-state index is 12.5. The van der Waals surface area contributed by atoms with E-state index < -0.39 is 0 Å². The molecule has 0 spiro atoms. The summed E-state index contributed by atoms with van der Waals surface area (Å²) in [5, 5.41) is 3.20. The molecule has 114 valence electrons. The summed E-state index contributed by atoms with van der Waals surface area (Å²) in [5.74, 6) is 0.737. The molecular formula is C17H23NO3. The number of rotatable bonds is 4. The Morgan fingerprint density at radius 3 is 2.95 bits per heavy atom. The van der Waals surface area contributed by atoms with Crippen molar-refractivity contribution in [2.24, 2.45) is 11.8 Å². The molecule has 1 amide bonds. The molecule has 1 aromatic carbocycles. The van der Waals surface area contributed by atoms with Crippen LogP contribution in [0.5, 0.6) is 0 Å². The number of hydrogen-bond acceptors (Lipinski definition) is 3. The summed E-state index contributed by atoms with van der Waals surface area (Å²) in [5.41, 5.74) is 2.96. The molecule has 3 rings (SSSR count). The van der Waals surface area contributed by atoms with E-state index in [0.29, 0.717) is 12.5 Å². The Labute approximate surface area is 125 Å². The van der Waals surface area contributed by atoms with Gasteiger partial charge in [-0.25, -0.2) is 0 Å². The first kappa shape index (κ1) is 14.5. The van der Waals surface area contributed by atoms with Gasteiger partial charge in [0.25, 0.3) is 5.91 Å². The zero-order chi connectivity index (χ0) is 15.0. The van der Waals surface area contributed by atoms with E-state index in [-0.39, 0.29) is 24.0 Å². The van der Waals surface area contributed by atoms with Gasteiger partial charge in [0.15, 0.2) is 0 Å². The number of amides is 1. The number of carbonyl (C=O) groups is 1. The minimum absolute atomic E-state index is 0.0175. The molecule has 0 bridgehead atoms. The van der Waals surface area contributed by atoms with Crippen molar-refractivity contribution in [3.63, 3.8) is 0 Å². The number of hydrogen-bond donors (Lipinski definition) is 1. The minimum atomic E-state index is 0.0175. The van der Waals surface area contributed by atoms with E-state index in [0.717, 1.165) is 24.2 Å². The van der Waals surface area contributed by atoms with Crippen LogP contribution in [-0.4, -0.2) is 38.4 Å². The van der Waals surface area contributed by atoms with Gasteiger partial charge in [0.2, 0.25) is 0 Å². The molecular weight excluding hydrogens is 266 g/mol. The molecule has 4 heteroatoms. The van der Waals surface area contributed by atoms with E-state index in [2.05, 4.69) is 5.32 Å². The SMILES string of the molecule is COC[C@@H]1[C@H](NC(=O)c2ccc(C)cc2C)[C@@H]2CCO[C@H]12. The smallest absolute Gasteiger partial charge is 0.251 e. The predicted molar refractivity (Wildman–Crippen MR) is 80.4 cm³/mol. The topological polar surface area (TPSA) is 47.6 Å². The van der Waals surface area contributed by atoms with Crippen molar-refractivity contribution >= 4 is 5.91 Å². The molecule has 1 aromatic rings. The summed E-state index contributed by atoms with van der Waals surface area (Å²) in [6.07, 6.45) is 1.29. The highest BCUT2D eigenvalue weighted by Crippen LogP contribution is 2.43. The second-order valence-electron chi connectivity index (χ2n) is 6.22. The number of fused-ring (bicyclic) bond motifs is 1. The molecule has 0 unspecified atom stereocenters. The van der Waals surface area contributed by atoms with E-state index in [4.69, 9.17) is 9.47 Å². The molecule has 1 N–H and O–H groups in total. The molecule has 1 saturated heterocycles. The lowest BCUT2D eigenvalue weighted by Crippen LogP contribution is -2.62. The number of ether oxygens (including phenoxy) is 2. The number of benzene rings is 1. The van der Waals surface area contributed by atoms with Gasteiger partial charge in [0.05, 0.1) is 12.7 Å². The monoisotopic (exact) mass is 289 g/mol. The second-order valence-corrected chi connectivity index (χ2v) is 6.22. The lowest BCUT2D eigenvalue weighted by Gasteiger charge is -2.47. The molecule has 2 fully saturated rings. The summed E-state index contributed by atoms with van der Waals surface area (Å²) < 4.78 is 11.0. The minimum Gasteiger partial charge on any atom is -0.384 e. The fourth-order valence-electron chi connectivity index (χ4n) is 3.73. The van der Waals surface area contributed by atoms with E-state index in [9.17, 15) is 4.79 Å². The summed E-state index contributed by atoms with van der Waals surface area (Å²) in [4.78, 5) is 12.5. The lowest BCUT2D eigenvalue weighted by atomic mass is 9.67. The van der Waals surface area contributed by atoms with Gasteiger partial charge in [-0.05, 0) is 31.9 Å². The predicted octanol–water partition coefficient (Wildman–Crippen LogP) is 2.08. The van der Waals surface area contributed by atoms with Gasteiger partial charge in [-0.3, -0.25) is 4.79 Å². The maximum Gasteiger partial charge on any atom is 0.251 e. The number of carbonyl (C=O) groups excluding carboxylic acids is 1. The summed E-state index contributed by atoms with van der Waals surface area (Å²) in [7, 11) is 1.70. The Balaban J connectivity index is 1.71. The quantitative estimate of drug-likeness (QED) is 0.923. The van der Waals surface area contributed by atoms with E-state index in [1.54, 1.807) is 7.11 Å². The highest BCUT2D eigenvalue weighted by Gasteiger charge is 2.54. The van der Waals surface area contributed by atoms with Gasteiger partial charge in [-0.1, -0.05) is 17.7 Å². The molecule has 1 aliphatic heterocycles. The highest BCUT2D eigenvalue weighted by molar-refractivity contribution is 5.96. The van der Waals surface area contributed by atoms with Crippen molar-refractivity contribution in [2.45, 2.75) is 32.4 Å². The van der Waals surface area contributed by atoms with Gasteiger partial charge >= 0.3 is 0 Å². The summed E-state index contributed by atoms with van der Waals surface area (Å²) >= 11 is 0. The van der Waals surface area contributed by atoms with E-state index in [1.807, 2.05) is 32.0 Å². The van der Waals surface area contributed by atoms with E-state index >= 15 is 0 Å². The van der Waals surface area contributed by atoms with Gasteiger partial charge in [0, 0.05) is 37.2 Å². The van der Waals surface area contributed by atoms with E-state index in [1.165, 1.54) is 5.56 Å². The van der Waals surface area contributed by atoms with Crippen LogP contribution in [0, 0.1) is 25.7 Å². The average molecular weight is 289 g/mol. The third-order valence-electron chi connectivity index (χ3n) is 4.81. The van der Waals surface area contributed by atoms with Crippen LogP contribution in [0.1, 0.15) is 27.9 Å². The Morgan fingerprint density at radius 2 is 2.24 bits per heavy atom. The first-order valence-corrected chi connectivity index (χ1v) is 7.60. The fraction of sp³-hybridized carbons (Fsp3) is 0.588. The molecule has 2 aliphatic rings. The summed E-state index contributed by atoms with van der Waals surface area (Å²) in [6.45, 7) is 5.46. The third-order valence-corrected chi connectivity index (χ3v) is 4.81. The highest BCUT2D eigenvalue weighted by atomic mass is 16.5. The average Bonchev–Trinajstić information content (AvgIpc) is 2.86. The van der Waals surface area contributed by atoms with Crippen LogP contribution in [-0.2, 0) is 9.47 Å². The zero-order valence-corrected chi connectivity index (χ0v) is 12.9. The molecule has 1 saturated carbocycles. The van der Waals surface area contributed by atoms with Crippen molar-refractivity contribution in [1.29, 1.82) is 0 Å². The van der Waals surface area contributed by atoms with Crippen molar-refractivity contribution in [3.05, 3.63) is 34.9 Å². The van der Waals surface area contributed by atoms with Crippen molar-refractivity contribution in [3.8, 4) is 0 Å². The van der Waals surface area contributed by atoms with Gasteiger partial charge in [-0.15, -0.1) is 0 Å². The zero-order valence-electron chi connectivity index (χ0n) is 12.9. The fourth-order valence-corrected chi connectivity index (χ4v) is 3.73. The second kappa shape index (κ2) is 5.78. The Bertz CT molecular complexity index is 543.